The zero-order chi connectivity index (χ0) is 18.3. The molecule has 134 valence electrons. The van der Waals surface area contributed by atoms with Crippen LogP contribution in [0.3, 0.4) is 0 Å². The van der Waals surface area contributed by atoms with E-state index in [4.69, 9.17) is 16.7 Å². The fraction of sp³-hybridized carbons (Fsp3) is 0.500. The molecule has 1 fully saturated rings. The van der Waals surface area contributed by atoms with E-state index >= 15 is 0 Å². The maximum absolute atomic E-state index is 12.8. The third-order valence-electron chi connectivity index (χ3n) is 4.02. The summed E-state index contributed by atoms with van der Waals surface area (Å²) < 4.78 is 64.9. The van der Waals surface area contributed by atoms with Crippen LogP contribution in [-0.2, 0) is 21.0 Å². The van der Waals surface area contributed by atoms with Crippen molar-refractivity contribution >= 4 is 27.6 Å². The molecule has 24 heavy (non-hydrogen) atoms. The van der Waals surface area contributed by atoms with Gasteiger partial charge < -0.3 is 5.11 Å². The zero-order valence-electron chi connectivity index (χ0n) is 12.5. The highest BCUT2D eigenvalue weighted by atomic mass is 35.5. The van der Waals surface area contributed by atoms with E-state index in [0.717, 1.165) is 10.4 Å². The van der Waals surface area contributed by atoms with Gasteiger partial charge in [0, 0.05) is 12.6 Å². The highest BCUT2D eigenvalue weighted by Gasteiger charge is 2.39. The lowest BCUT2D eigenvalue weighted by Crippen LogP contribution is -2.47. The predicted octanol–water partition coefficient (Wildman–Crippen LogP) is 3.23. The monoisotopic (exact) mass is 385 g/mol. The van der Waals surface area contributed by atoms with Crippen molar-refractivity contribution in [3.05, 3.63) is 28.8 Å². The van der Waals surface area contributed by atoms with Gasteiger partial charge in [-0.15, -0.1) is 0 Å². The number of hydrogen-bond donors (Lipinski definition) is 1. The Morgan fingerprint density at radius 2 is 1.96 bits per heavy atom. The fourth-order valence-corrected chi connectivity index (χ4v) is 4.82. The molecule has 0 bridgehead atoms. The molecule has 1 N–H and O–H groups in total. The minimum atomic E-state index is -4.72. The Morgan fingerprint density at radius 1 is 1.33 bits per heavy atom. The van der Waals surface area contributed by atoms with E-state index in [-0.39, 0.29) is 11.6 Å². The zero-order valence-corrected chi connectivity index (χ0v) is 14.1. The minimum Gasteiger partial charge on any atom is -0.481 e. The van der Waals surface area contributed by atoms with Crippen molar-refractivity contribution in [3.63, 3.8) is 0 Å². The van der Waals surface area contributed by atoms with E-state index in [1.54, 1.807) is 6.92 Å². The van der Waals surface area contributed by atoms with Crippen molar-refractivity contribution in [1.29, 1.82) is 0 Å². The summed E-state index contributed by atoms with van der Waals surface area (Å²) in [7, 11) is -4.35. The number of hydrogen-bond acceptors (Lipinski definition) is 3. The third-order valence-corrected chi connectivity index (χ3v) is 6.48. The summed E-state index contributed by atoms with van der Waals surface area (Å²) in [4.78, 5) is 10.5. The molecular weight excluding hydrogens is 371 g/mol. The topological polar surface area (TPSA) is 74.7 Å². The van der Waals surface area contributed by atoms with Gasteiger partial charge in [0.1, 0.15) is 4.90 Å². The van der Waals surface area contributed by atoms with Crippen molar-refractivity contribution in [2.45, 2.75) is 36.9 Å². The molecule has 0 radical (unpaired) electrons. The second kappa shape index (κ2) is 6.53. The number of alkyl halides is 3. The molecule has 1 aliphatic heterocycles. The average molecular weight is 386 g/mol. The van der Waals surface area contributed by atoms with Crippen LogP contribution < -0.4 is 0 Å². The van der Waals surface area contributed by atoms with Crippen molar-refractivity contribution in [3.8, 4) is 0 Å². The fourth-order valence-electron chi connectivity index (χ4n) is 2.62. The van der Waals surface area contributed by atoms with E-state index < -0.39 is 44.6 Å². The van der Waals surface area contributed by atoms with E-state index in [9.17, 15) is 26.4 Å². The Morgan fingerprint density at radius 3 is 2.50 bits per heavy atom. The van der Waals surface area contributed by atoms with Crippen LogP contribution in [0, 0.1) is 5.92 Å². The Balaban J connectivity index is 2.48. The quantitative estimate of drug-likeness (QED) is 0.866. The molecule has 0 aliphatic carbocycles. The van der Waals surface area contributed by atoms with Crippen molar-refractivity contribution in [2.75, 3.05) is 6.54 Å². The molecule has 0 aromatic heterocycles. The summed E-state index contributed by atoms with van der Waals surface area (Å²) in [6.45, 7) is 1.28. The van der Waals surface area contributed by atoms with Crippen LogP contribution in [0.25, 0.3) is 0 Å². The van der Waals surface area contributed by atoms with Gasteiger partial charge in [-0.1, -0.05) is 11.6 Å². The number of carboxylic acids is 1. The molecule has 2 atom stereocenters. The molecule has 2 rings (SSSR count). The van der Waals surface area contributed by atoms with Crippen molar-refractivity contribution in [1.82, 2.24) is 4.31 Å². The molecule has 1 saturated heterocycles. The van der Waals surface area contributed by atoms with E-state index in [2.05, 4.69) is 0 Å². The molecule has 2 unspecified atom stereocenters. The molecular formula is C14H15ClF3NO4S. The number of rotatable bonds is 3. The minimum absolute atomic E-state index is 0.298. The summed E-state index contributed by atoms with van der Waals surface area (Å²) in [6.07, 6.45) is -4.11. The Labute approximate surface area is 142 Å². The maximum atomic E-state index is 12.8. The van der Waals surface area contributed by atoms with Gasteiger partial charge in [0.2, 0.25) is 10.0 Å². The maximum Gasteiger partial charge on any atom is 0.416 e. The lowest BCUT2D eigenvalue weighted by molar-refractivity contribution is -0.143. The Hall–Kier alpha value is -1.32. The Kier molecular flexibility index (Phi) is 5.17. The van der Waals surface area contributed by atoms with Gasteiger partial charge >= 0.3 is 12.1 Å². The summed E-state index contributed by atoms with van der Waals surface area (Å²) in [6, 6.07) is 1.52. The standard InChI is InChI=1S/C14H15ClF3NO4S/c1-8-2-3-9(13(20)21)7-19(8)24(22,23)12-6-10(14(16,17)18)4-5-11(12)15/h4-6,8-9H,2-3,7H2,1H3,(H,20,21). The first-order valence-corrected chi connectivity index (χ1v) is 8.87. The second-order valence-electron chi connectivity index (χ2n) is 5.68. The van der Waals surface area contributed by atoms with Crippen LogP contribution in [0.1, 0.15) is 25.3 Å². The Bertz CT molecular complexity index is 751. The number of carboxylic acid groups (broad SMARTS) is 1. The van der Waals surface area contributed by atoms with E-state index in [0.29, 0.717) is 25.0 Å². The van der Waals surface area contributed by atoms with Crippen LogP contribution >= 0.6 is 11.6 Å². The molecule has 0 saturated carbocycles. The number of carbonyl (C=O) groups is 1. The normalized spacial score (nSPS) is 23.2. The summed E-state index contributed by atoms with van der Waals surface area (Å²) in [5.41, 5.74) is -1.13. The van der Waals surface area contributed by atoms with Crippen molar-refractivity contribution in [2.24, 2.45) is 5.92 Å². The highest BCUT2D eigenvalue weighted by molar-refractivity contribution is 7.89. The lowest BCUT2D eigenvalue weighted by atomic mass is 9.96. The average Bonchev–Trinajstić information content (AvgIpc) is 2.46. The molecule has 1 heterocycles. The van der Waals surface area contributed by atoms with Crippen LogP contribution in [-0.4, -0.2) is 36.4 Å². The number of benzene rings is 1. The van der Waals surface area contributed by atoms with Gasteiger partial charge in [0.15, 0.2) is 0 Å². The smallest absolute Gasteiger partial charge is 0.416 e. The van der Waals surface area contributed by atoms with Crippen LogP contribution in [0.2, 0.25) is 5.02 Å². The van der Waals surface area contributed by atoms with Crippen LogP contribution in [0.5, 0.6) is 0 Å². The van der Waals surface area contributed by atoms with E-state index in [1.165, 1.54) is 0 Å². The molecule has 0 amide bonds. The van der Waals surface area contributed by atoms with E-state index in [1.807, 2.05) is 0 Å². The van der Waals surface area contributed by atoms with Gasteiger partial charge in [-0.25, -0.2) is 8.42 Å². The number of aliphatic carboxylic acids is 1. The highest BCUT2D eigenvalue weighted by Crippen LogP contribution is 2.36. The first-order valence-electron chi connectivity index (χ1n) is 7.06. The number of piperidine rings is 1. The first-order chi connectivity index (χ1) is 10.9. The van der Waals surface area contributed by atoms with Crippen LogP contribution in [0.4, 0.5) is 13.2 Å². The third kappa shape index (κ3) is 3.68. The number of nitrogens with zero attached hydrogens (tertiary/aromatic N) is 1. The molecule has 1 aliphatic rings. The summed E-state index contributed by atoms with van der Waals surface area (Å²) in [5.74, 6) is -2.04. The number of halogens is 4. The van der Waals surface area contributed by atoms with Gasteiger partial charge in [-0.3, -0.25) is 4.79 Å². The van der Waals surface area contributed by atoms with Crippen LogP contribution in [0.15, 0.2) is 23.1 Å². The SMILES string of the molecule is CC1CCC(C(=O)O)CN1S(=O)(=O)c1cc(C(F)(F)F)ccc1Cl. The van der Waals surface area contributed by atoms with Gasteiger partial charge in [-0.05, 0) is 38.0 Å². The summed E-state index contributed by atoms with van der Waals surface area (Å²) in [5, 5.41) is 8.75. The first kappa shape index (κ1) is 19.0. The predicted molar refractivity (Wildman–Crippen MR) is 80.2 cm³/mol. The summed E-state index contributed by atoms with van der Waals surface area (Å²) >= 11 is 5.81. The van der Waals surface area contributed by atoms with Gasteiger partial charge in [0.05, 0.1) is 16.5 Å². The molecule has 0 spiro atoms. The van der Waals surface area contributed by atoms with Crippen molar-refractivity contribution < 1.29 is 31.5 Å². The van der Waals surface area contributed by atoms with Gasteiger partial charge in [-0.2, -0.15) is 17.5 Å². The lowest BCUT2D eigenvalue weighted by Gasteiger charge is -2.35. The largest absolute Gasteiger partial charge is 0.481 e. The number of sulfonamides is 1. The van der Waals surface area contributed by atoms with Gasteiger partial charge in [0.25, 0.3) is 0 Å². The molecule has 1 aromatic rings. The molecule has 10 heteroatoms. The second-order valence-corrected chi connectivity index (χ2v) is 7.95. The molecule has 5 nitrogen and oxygen atoms in total. The molecule has 1 aromatic carbocycles.